The average Bonchev–Trinajstić information content (AvgIpc) is 3.07. The minimum Gasteiger partial charge on any atom is -0.188 e. The van der Waals surface area contributed by atoms with Crippen molar-refractivity contribution in [1.82, 2.24) is 0 Å². The fourth-order valence-corrected chi connectivity index (χ4v) is 5.06. The molecule has 2 nitrogen and oxygen atoms in total. The molecule has 0 N–H and O–H groups in total. The van der Waals surface area contributed by atoms with Crippen molar-refractivity contribution in [2.75, 3.05) is 0 Å². The number of fused-ring (bicyclic) bond motifs is 2. The van der Waals surface area contributed by atoms with Crippen LogP contribution in [0.5, 0.6) is 0 Å². The number of thiazole rings is 2. The zero-order valence-corrected chi connectivity index (χ0v) is 14.8. The van der Waals surface area contributed by atoms with E-state index in [4.69, 9.17) is 0 Å². The Morgan fingerprint density at radius 1 is 0.826 bits per heavy atom. The maximum Gasteiger partial charge on any atom is 0.262 e. The quantitative estimate of drug-likeness (QED) is 0.499. The van der Waals surface area contributed by atoms with Gasteiger partial charge in [-0.05, 0) is 12.1 Å². The molecule has 114 valence electrons. The van der Waals surface area contributed by atoms with Crippen molar-refractivity contribution in [2.24, 2.45) is 14.1 Å². The van der Waals surface area contributed by atoms with Crippen LogP contribution in [0.3, 0.4) is 0 Å². The fourth-order valence-electron chi connectivity index (χ4n) is 2.86. The Balaban J connectivity index is 1.63. The second-order valence-electron chi connectivity index (χ2n) is 5.60. The zero-order valence-electron chi connectivity index (χ0n) is 13.2. The normalized spacial score (nSPS) is 11.9. The molecular formula is C19H18N2S2+2. The van der Waals surface area contributed by atoms with Crippen LogP contribution < -0.4 is 9.13 Å². The lowest BCUT2D eigenvalue weighted by Crippen LogP contribution is -2.30. The Morgan fingerprint density at radius 2 is 1.43 bits per heavy atom. The van der Waals surface area contributed by atoms with Crippen LogP contribution in [-0.4, -0.2) is 0 Å². The summed E-state index contributed by atoms with van der Waals surface area (Å²) in [5.74, 6) is 0. The summed E-state index contributed by atoms with van der Waals surface area (Å²) in [6.45, 7) is 0. The maximum absolute atomic E-state index is 2.30. The number of para-hydroxylation sites is 2. The predicted molar refractivity (Wildman–Crippen MR) is 98.7 cm³/mol. The molecule has 0 aliphatic rings. The third-order valence-electron chi connectivity index (χ3n) is 4.15. The molecule has 4 aromatic rings. The number of aromatic nitrogens is 2. The molecule has 4 rings (SSSR count). The first-order valence-electron chi connectivity index (χ1n) is 7.64. The molecule has 23 heavy (non-hydrogen) atoms. The smallest absolute Gasteiger partial charge is 0.188 e. The number of rotatable bonds is 3. The Bertz CT molecular complexity index is 1020. The Labute approximate surface area is 143 Å². The van der Waals surface area contributed by atoms with Crippen LogP contribution in [0.15, 0.2) is 54.6 Å². The van der Waals surface area contributed by atoms with E-state index in [1.165, 1.54) is 30.4 Å². The molecule has 2 aromatic heterocycles. The van der Waals surface area contributed by atoms with Gasteiger partial charge < -0.3 is 0 Å². The first kappa shape index (κ1) is 14.5. The topological polar surface area (TPSA) is 7.76 Å². The second kappa shape index (κ2) is 5.87. The van der Waals surface area contributed by atoms with Gasteiger partial charge in [-0.15, -0.1) is 0 Å². The highest BCUT2D eigenvalue weighted by Crippen LogP contribution is 2.22. The predicted octanol–water partition coefficient (Wildman–Crippen LogP) is 4.02. The molecule has 0 unspecified atom stereocenters. The largest absolute Gasteiger partial charge is 0.262 e. The molecule has 2 aromatic carbocycles. The van der Waals surface area contributed by atoms with Gasteiger partial charge in [0.1, 0.15) is 23.5 Å². The van der Waals surface area contributed by atoms with E-state index in [0.717, 1.165) is 6.42 Å². The molecule has 0 saturated carbocycles. The van der Waals surface area contributed by atoms with Crippen LogP contribution >= 0.6 is 22.7 Å². The molecule has 0 fully saturated rings. The van der Waals surface area contributed by atoms with E-state index in [0.29, 0.717) is 0 Å². The van der Waals surface area contributed by atoms with Crippen molar-refractivity contribution in [3.8, 4) is 0 Å². The van der Waals surface area contributed by atoms with Crippen molar-refractivity contribution < 1.29 is 9.13 Å². The number of hydrogen-bond acceptors (Lipinski definition) is 2. The number of nitrogens with zero attached hydrogens (tertiary/aromatic N) is 2. The summed E-state index contributed by atoms with van der Waals surface area (Å²) in [6, 6.07) is 17.1. The summed E-state index contributed by atoms with van der Waals surface area (Å²) in [5.41, 5.74) is 2.61. The molecule has 0 bridgehead atoms. The Hall–Kier alpha value is -2.04. The van der Waals surface area contributed by atoms with Crippen molar-refractivity contribution >= 4 is 49.2 Å². The van der Waals surface area contributed by atoms with Gasteiger partial charge in [0.15, 0.2) is 0 Å². The highest BCUT2D eigenvalue weighted by atomic mass is 32.1. The lowest BCUT2D eigenvalue weighted by molar-refractivity contribution is -0.647. The summed E-state index contributed by atoms with van der Waals surface area (Å²) in [7, 11) is 4.29. The molecule has 0 aliphatic heterocycles. The van der Waals surface area contributed by atoms with Gasteiger partial charge in [0.25, 0.3) is 5.01 Å². The standard InChI is InChI=1S/C19H18N2S2/c1-20-14-8-3-5-10-16(14)22-18(20)12-7-13-19-21(2)15-9-4-6-11-17(15)23-19/h3-12H,13H2,1-2H3/q+2. The first-order valence-corrected chi connectivity index (χ1v) is 9.28. The van der Waals surface area contributed by atoms with Gasteiger partial charge in [0.2, 0.25) is 16.0 Å². The molecule has 2 heterocycles. The van der Waals surface area contributed by atoms with Crippen LogP contribution in [0.25, 0.3) is 26.5 Å². The van der Waals surface area contributed by atoms with Gasteiger partial charge in [0.05, 0.1) is 6.42 Å². The van der Waals surface area contributed by atoms with E-state index in [1.807, 2.05) is 22.7 Å². The number of aryl methyl sites for hydroxylation is 2. The lowest BCUT2D eigenvalue weighted by Gasteiger charge is -1.88. The molecule has 0 aliphatic carbocycles. The number of allylic oxidation sites excluding steroid dienone is 1. The van der Waals surface area contributed by atoms with Crippen molar-refractivity contribution in [1.29, 1.82) is 0 Å². The van der Waals surface area contributed by atoms with E-state index >= 15 is 0 Å². The van der Waals surface area contributed by atoms with Crippen LogP contribution in [0, 0.1) is 0 Å². The Kier molecular flexibility index (Phi) is 3.71. The van der Waals surface area contributed by atoms with E-state index in [2.05, 4.69) is 83.9 Å². The minimum atomic E-state index is 0.962. The highest BCUT2D eigenvalue weighted by molar-refractivity contribution is 7.19. The van der Waals surface area contributed by atoms with E-state index in [-0.39, 0.29) is 0 Å². The van der Waals surface area contributed by atoms with Gasteiger partial charge in [-0.3, -0.25) is 0 Å². The minimum absolute atomic E-state index is 0.962. The maximum atomic E-state index is 2.30. The Morgan fingerprint density at radius 3 is 2.09 bits per heavy atom. The molecule has 0 radical (unpaired) electrons. The van der Waals surface area contributed by atoms with Gasteiger partial charge >= 0.3 is 0 Å². The molecule has 0 atom stereocenters. The third-order valence-corrected chi connectivity index (χ3v) is 6.58. The van der Waals surface area contributed by atoms with Crippen LogP contribution in [0.1, 0.15) is 10.0 Å². The van der Waals surface area contributed by atoms with Crippen LogP contribution in [0.4, 0.5) is 0 Å². The highest BCUT2D eigenvalue weighted by Gasteiger charge is 2.16. The van der Waals surface area contributed by atoms with Crippen LogP contribution in [-0.2, 0) is 20.5 Å². The summed E-state index contributed by atoms with van der Waals surface area (Å²) in [4.78, 5) is 0. The summed E-state index contributed by atoms with van der Waals surface area (Å²) in [6.07, 6.45) is 5.48. The van der Waals surface area contributed by atoms with Gasteiger partial charge in [0, 0.05) is 18.2 Å². The summed E-state index contributed by atoms with van der Waals surface area (Å²) < 4.78 is 7.25. The molecule has 4 heteroatoms. The average molecular weight is 339 g/mol. The molecule has 0 saturated heterocycles. The molecule has 0 amide bonds. The third kappa shape index (κ3) is 2.58. The zero-order chi connectivity index (χ0) is 15.8. The number of hydrogen-bond donors (Lipinski definition) is 0. The van der Waals surface area contributed by atoms with Crippen molar-refractivity contribution in [2.45, 2.75) is 6.42 Å². The van der Waals surface area contributed by atoms with Crippen molar-refractivity contribution in [3.63, 3.8) is 0 Å². The summed E-state index contributed by atoms with van der Waals surface area (Å²) >= 11 is 3.72. The van der Waals surface area contributed by atoms with E-state index < -0.39 is 0 Å². The first-order chi connectivity index (χ1) is 11.2. The number of benzene rings is 2. The fraction of sp³-hybridized carbons (Fsp3) is 0.158. The van der Waals surface area contributed by atoms with Gasteiger partial charge in [-0.25, -0.2) is 0 Å². The van der Waals surface area contributed by atoms with Crippen molar-refractivity contribution in [3.05, 3.63) is 64.6 Å². The van der Waals surface area contributed by atoms with Gasteiger partial charge in [-0.1, -0.05) is 53.0 Å². The summed E-state index contributed by atoms with van der Waals surface area (Å²) in [5, 5.41) is 2.67. The van der Waals surface area contributed by atoms with E-state index in [9.17, 15) is 0 Å². The van der Waals surface area contributed by atoms with Gasteiger partial charge in [-0.2, -0.15) is 9.13 Å². The van der Waals surface area contributed by atoms with E-state index in [1.54, 1.807) is 0 Å². The van der Waals surface area contributed by atoms with Crippen LogP contribution in [0.2, 0.25) is 0 Å². The lowest BCUT2D eigenvalue weighted by atomic mass is 10.3. The molecule has 0 spiro atoms. The SMILES string of the molecule is C[n+]1c(C=CCc2sc3ccccc3[n+]2C)sc2ccccc21. The monoisotopic (exact) mass is 338 g/mol. The second-order valence-corrected chi connectivity index (χ2v) is 7.77. The molecular weight excluding hydrogens is 320 g/mol.